The summed E-state index contributed by atoms with van der Waals surface area (Å²) in [6.45, 7) is 5.34. The molecule has 2 aromatic carbocycles. The normalized spacial score (nSPS) is 16.3. The lowest BCUT2D eigenvalue weighted by atomic mass is 9.96. The number of aromatic nitrogens is 1. The van der Waals surface area contributed by atoms with Gasteiger partial charge in [0, 0.05) is 19.0 Å². The van der Waals surface area contributed by atoms with Crippen molar-refractivity contribution in [2.45, 2.75) is 45.1 Å². The highest BCUT2D eigenvalue weighted by Gasteiger charge is 2.29. The maximum absolute atomic E-state index is 12.8. The minimum absolute atomic E-state index is 0.0376. The Morgan fingerprint density at radius 1 is 1.18 bits per heavy atom. The van der Waals surface area contributed by atoms with Gasteiger partial charge in [0.15, 0.2) is 17.6 Å². The van der Waals surface area contributed by atoms with Gasteiger partial charge in [-0.1, -0.05) is 31.2 Å². The number of nitrogens with zero attached hydrogens (tertiary/aromatic N) is 2. The van der Waals surface area contributed by atoms with E-state index in [0.717, 1.165) is 42.0 Å². The smallest absolute Gasteiger partial charge is 0.263 e. The third-order valence-electron chi connectivity index (χ3n) is 5.46. The summed E-state index contributed by atoms with van der Waals surface area (Å²) in [4.78, 5) is 19.3. The number of para-hydroxylation sites is 2. The van der Waals surface area contributed by atoms with Crippen LogP contribution in [0.25, 0.3) is 11.1 Å². The Balaban J connectivity index is 1.33. The number of ether oxygens (including phenoxy) is 1. The van der Waals surface area contributed by atoms with Gasteiger partial charge in [-0.25, -0.2) is 4.98 Å². The van der Waals surface area contributed by atoms with E-state index in [1.165, 1.54) is 5.56 Å². The lowest BCUT2D eigenvalue weighted by Gasteiger charge is -2.32. The first-order chi connectivity index (χ1) is 13.6. The molecule has 0 unspecified atom stereocenters. The number of aryl methyl sites for hydroxylation is 1. The molecule has 0 N–H and O–H groups in total. The number of carbonyl (C=O) groups excluding carboxylic acids is 1. The average Bonchev–Trinajstić information content (AvgIpc) is 3.18. The fourth-order valence-corrected chi connectivity index (χ4v) is 3.73. The Kier molecular flexibility index (Phi) is 5.33. The van der Waals surface area contributed by atoms with Gasteiger partial charge >= 0.3 is 0 Å². The molecule has 1 atom stereocenters. The van der Waals surface area contributed by atoms with Crippen molar-refractivity contribution in [3.63, 3.8) is 0 Å². The van der Waals surface area contributed by atoms with Gasteiger partial charge in [-0.3, -0.25) is 4.79 Å². The van der Waals surface area contributed by atoms with Crippen molar-refractivity contribution in [2.24, 2.45) is 0 Å². The first-order valence-electron chi connectivity index (χ1n) is 10.0. The van der Waals surface area contributed by atoms with Crippen LogP contribution in [-0.2, 0) is 11.2 Å². The van der Waals surface area contributed by atoms with E-state index in [2.05, 4.69) is 11.9 Å². The highest BCUT2D eigenvalue weighted by Crippen LogP contribution is 2.30. The molecule has 1 fully saturated rings. The monoisotopic (exact) mass is 378 g/mol. The molecule has 0 bridgehead atoms. The predicted molar refractivity (Wildman–Crippen MR) is 108 cm³/mol. The number of rotatable bonds is 5. The van der Waals surface area contributed by atoms with Crippen molar-refractivity contribution in [1.29, 1.82) is 0 Å². The fourth-order valence-electron chi connectivity index (χ4n) is 3.73. The molecule has 1 saturated heterocycles. The van der Waals surface area contributed by atoms with Crippen molar-refractivity contribution in [2.75, 3.05) is 13.1 Å². The summed E-state index contributed by atoms with van der Waals surface area (Å²) >= 11 is 0. The predicted octanol–water partition coefficient (Wildman–Crippen LogP) is 4.56. The number of hydrogen-bond donors (Lipinski definition) is 0. The number of benzene rings is 2. The van der Waals surface area contributed by atoms with E-state index in [4.69, 9.17) is 9.15 Å². The van der Waals surface area contributed by atoms with Gasteiger partial charge in [0.25, 0.3) is 5.91 Å². The van der Waals surface area contributed by atoms with Crippen LogP contribution in [0.3, 0.4) is 0 Å². The molecule has 5 heteroatoms. The van der Waals surface area contributed by atoms with Crippen molar-refractivity contribution in [3.8, 4) is 5.75 Å². The van der Waals surface area contributed by atoms with Crippen LogP contribution in [0.15, 0.2) is 52.9 Å². The third kappa shape index (κ3) is 3.88. The Morgan fingerprint density at radius 3 is 2.57 bits per heavy atom. The maximum Gasteiger partial charge on any atom is 0.263 e. The van der Waals surface area contributed by atoms with Crippen LogP contribution in [-0.4, -0.2) is 35.0 Å². The summed E-state index contributed by atoms with van der Waals surface area (Å²) < 4.78 is 11.8. The molecule has 0 aliphatic carbocycles. The number of hydrogen-bond acceptors (Lipinski definition) is 4. The summed E-state index contributed by atoms with van der Waals surface area (Å²) in [5.74, 6) is 1.82. The Morgan fingerprint density at radius 2 is 1.89 bits per heavy atom. The van der Waals surface area contributed by atoms with Gasteiger partial charge in [0.2, 0.25) is 0 Å². The van der Waals surface area contributed by atoms with Crippen molar-refractivity contribution < 1.29 is 13.9 Å². The molecule has 28 heavy (non-hydrogen) atoms. The number of carbonyl (C=O) groups is 1. The first kappa shape index (κ1) is 18.5. The minimum atomic E-state index is -0.492. The van der Waals surface area contributed by atoms with E-state index in [-0.39, 0.29) is 11.8 Å². The molecule has 3 aromatic rings. The van der Waals surface area contributed by atoms with E-state index < -0.39 is 6.10 Å². The van der Waals surface area contributed by atoms with Gasteiger partial charge in [0.05, 0.1) is 0 Å². The lowest BCUT2D eigenvalue weighted by Crippen LogP contribution is -2.44. The number of piperidine rings is 1. The zero-order valence-electron chi connectivity index (χ0n) is 16.4. The SMILES string of the molecule is CCc1ccc(O[C@H](C)C(=O)N2CCC(c3nc4ccccc4o3)CC2)cc1. The highest BCUT2D eigenvalue weighted by atomic mass is 16.5. The van der Waals surface area contributed by atoms with Crippen molar-refractivity contribution in [1.82, 2.24) is 9.88 Å². The second kappa shape index (κ2) is 8.05. The number of oxazole rings is 1. The van der Waals surface area contributed by atoms with Crippen LogP contribution in [0.1, 0.15) is 44.1 Å². The second-order valence-electron chi connectivity index (χ2n) is 7.38. The molecule has 4 rings (SSSR count). The van der Waals surface area contributed by atoms with Crippen molar-refractivity contribution >= 4 is 17.0 Å². The molecule has 0 saturated carbocycles. The van der Waals surface area contributed by atoms with E-state index in [1.54, 1.807) is 0 Å². The number of amides is 1. The molecule has 0 radical (unpaired) electrons. The molecular formula is C23H26N2O3. The van der Waals surface area contributed by atoms with Crippen LogP contribution in [0, 0.1) is 0 Å². The van der Waals surface area contributed by atoms with Crippen LogP contribution in [0.4, 0.5) is 0 Å². The molecule has 1 aliphatic rings. The molecule has 1 amide bonds. The molecule has 2 heterocycles. The quantitative estimate of drug-likeness (QED) is 0.653. The van der Waals surface area contributed by atoms with Crippen LogP contribution >= 0.6 is 0 Å². The summed E-state index contributed by atoms with van der Waals surface area (Å²) in [7, 11) is 0. The highest BCUT2D eigenvalue weighted by molar-refractivity contribution is 5.81. The maximum atomic E-state index is 12.8. The standard InChI is InChI=1S/C23H26N2O3/c1-3-17-8-10-19(11-9-17)27-16(2)23(26)25-14-12-18(13-15-25)22-24-20-6-4-5-7-21(20)28-22/h4-11,16,18H,3,12-15H2,1-2H3/t16-/m1/s1. The van der Waals surface area contributed by atoms with Crippen LogP contribution in [0.5, 0.6) is 5.75 Å². The Labute approximate surface area is 165 Å². The molecule has 146 valence electrons. The second-order valence-corrected chi connectivity index (χ2v) is 7.38. The van der Waals surface area contributed by atoms with Gasteiger partial charge in [0.1, 0.15) is 11.3 Å². The van der Waals surface area contributed by atoms with Crippen molar-refractivity contribution in [3.05, 3.63) is 60.0 Å². The number of likely N-dealkylation sites (tertiary alicyclic amines) is 1. The number of fused-ring (bicyclic) bond motifs is 1. The van der Waals surface area contributed by atoms with Gasteiger partial charge in [-0.2, -0.15) is 0 Å². The fraction of sp³-hybridized carbons (Fsp3) is 0.391. The van der Waals surface area contributed by atoms with E-state index in [9.17, 15) is 4.79 Å². The first-order valence-corrected chi connectivity index (χ1v) is 10.0. The third-order valence-corrected chi connectivity index (χ3v) is 5.46. The van der Waals surface area contributed by atoms with Gasteiger partial charge in [-0.05, 0) is 56.0 Å². The van der Waals surface area contributed by atoms with Gasteiger partial charge in [-0.15, -0.1) is 0 Å². The lowest BCUT2D eigenvalue weighted by molar-refractivity contribution is -0.139. The molecular weight excluding hydrogens is 352 g/mol. The van der Waals surface area contributed by atoms with Crippen LogP contribution in [0.2, 0.25) is 0 Å². The Bertz CT molecular complexity index is 907. The Hall–Kier alpha value is -2.82. The largest absolute Gasteiger partial charge is 0.481 e. The summed E-state index contributed by atoms with van der Waals surface area (Å²) in [5.41, 5.74) is 2.98. The minimum Gasteiger partial charge on any atom is -0.481 e. The molecule has 5 nitrogen and oxygen atoms in total. The van der Waals surface area contributed by atoms with E-state index >= 15 is 0 Å². The summed E-state index contributed by atoms with van der Waals surface area (Å²) in [5, 5.41) is 0. The average molecular weight is 378 g/mol. The molecule has 0 spiro atoms. The zero-order valence-corrected chi connectivity index (χ0v) is 16.4. The van der Waals surface area contributed by atoms with Crippen LogP contribution < -0.4 is 4.74 Å². The van der Waals surface area contributed by atoms with Gasteiger partial charge < -0.3 is 14.1 Å². The molecule has 1 aliphatic heterocycles. The molecule has 1 aromatic heterocycles. The zero-order chi connectivity index (χ0) is 19.5. The topological polar surface area (TPSA) is 55.6 Å². The van der Waals surface area contributed by atoms with E-state index in [0.29, 0.717) is 13.1 Å². The summed E-state index contributed by atoms with van der Waals surface area (Å²) in [6.07, 6.45) is 2.21. The van der Waals surface area contributed by atoms with E-state index in [1.807, 2.05) is 60.4 Å². The summed E-state index contributed by atoms with van der Waals surface area (Å²) in [6, 6.07) is 15.8.